The second-order valence-corrected chi connectivity index (χ2v) is 7.57. The van der Waals surface area contributed by atoms with Crippen LogP contribution in [0.25, 0.3) is 11.2 Å². The van der Waals surface area contributed by atoms with Gasteiger partial charge in [-0.05, 0) is 29.3 Å². The minimum Gasteiger partial charge on any atom is -0.364 e. The molecule has 0 fully saturated rings. The molecule has 176 valence electrons. The van der Waals surface area contributed by atoms with Crippen molar-refractivity contribution < 1.29 is 13.2 Å². The van der Waals surface area contributed by atoms with Crippen molar-refractivity contribution in [3.63, 3.8) is 0 Å². The third-order valence-corrected chi connectivity index (χ3v) is 5.08. The topological polar surface area (TPSA) is 106 Å². The lowest BCUT2D eigenvalue weighted by molar-refractivity contribution is -0.137. The summed E-state index contributed by atoms with van der Waals surface area (Å²) in [6, 6.07) is 8.77. The molecule has 0 radical (unpaired) electrons. The maximum absolute atomic E-state index is 12.9. The summed E-state index contributed by atoms with van der Waals surface area (Å²) < 4.78 is 40.5. The number of benzene rings is 1. The van der Waals surface area contributed by atoms with Crippen molar-refractivity contribution in [2.24, 2.45) is 0 Å². The average molecular weight is 477 g/mol. The predicted octanol–water partition coefficient (Wildman–Crippen LogP) is 4.43. The lowest BCUT2D eigenvalue weighted by Gasteiger charge is -2.11. The number of aromatic nitrogens is 7. The number of fused-ring (bicyclic) bond motifs is 1. The highest BCUT2D eigenvalue weighted by molar-refractivity contribution is 5.84. The quantitative estimate of drug-likeness (QED) is 0.355. The van der Waals surface area contributed by atoms with E-state index >= 15 is 0 Å². The molecule has 0 aliphatic carbocycles. The van der Waals surface area contributed by atoms with Gasteiger partial charge in [-0.2, -0.15) is 23.1 Å². The Hall–Kier alpha value is -4.61. The summed E-state index contributed by atoms with van der Waals surface area (Å²) in [5.41, 5.74) is 1.94. The molecule has 35 heavy (non-hydrogen) atoms. The van der Waals surface area contributed by atoms with E-state index in [1.54, 1.807) is 29.5 Å². The smallest absolute Gasteiger partial charge is 0.364 e. The molecule has 0 amide bonds. The van der Waals surface area contributed by atoms with Crippen molar-refractivity contribution >= 4 is 28.7 Å². The van der Waals surface area contributed by atoms with Crippen molar-refractivity contribution in [1.82, 2.24) is 34.5 Å². The van der Waals surface area contributed by atoms with Crippen LogP contribution in [0, 0.1) is 0 Å². The zero-order valence-electron chi connectivity index (χ0n) is 18.1. The monoisotopic (exact) mass is 477 g/mol. The summed E-state index contributed by atoms with van der Waals surface area (Å²) in [5, 5.41) is 6.29. The zero-order chi connectivity index (χ0) is 24.3. The van der Waals surface area contributed by atoms with Gasteiger partial charge in [0.1, 0.15) is 0 Å². The van der Waals surface area contributed by atoms with E-state index in [4.69, 9.17) is 0 Å². The number of hydrogen-bond acceptors (Lipinski definition) is 8. The summed E-state index contributed by atoms with van der Waals surface area (Å²) in [4.78, 5) is 25.9. The second kappa shape index (κ2) is 9.33. The summed E-state index contributed by atoms with van der Waals surface area (Å²) in [6.07, 6.45) is 5.26. The molecule has 4 aromatic heterocycles. The van der Waals surface area contributed by atoms with E-state index in [0.717, 1.165) is 17.7 Å². The van der Waals surface area contributed by atoms with Gasteiger partial charge in [0.05, 0.1) is 24.6 Å². The first-order valence-electron chi connectivity index (χ1n) is 10.5. The Morgan fingerprint density at radius 1 is 0.857 bits per heavy atom. The number of halogens is 3. The molecule has 0 spiro atoms. The average Bonchev–Trinajstić information content (AvgIpc) is 3.26. The first-order valence-corrected chi connectivity index (χ1v) is 10.5. The van der Waals surface area contributed by atoms with Crippen LogP contribution in [0.5, 0.6) is 0 Å². The van der Waals surface area contributed by atoms with Crippen LogP contribution in [0.3, 0.4) is 0 Å². The van der Waals surface area contributed by atoms with E-state index in [0.29, 0.717) is 34.9 Å². The molecule has 1 aromatic carbocycles. The molecule has 9 nitrogen and oxygen atoms in total. The molecule has 0 bridgehead atoms. The predicted molar refractivity (Wildman–Crippen MR) is 123 cm³/mol. The highest BCUT2D eigenvalue weighted by Crippen LogP contribution is 2.29. The standard InChI is InChI=1S/C23H18F3N9/c24-23(25,26)17-5-3-15(4-6-17)13-35-14-31-19-20(30-11-16-2-1-7-27-10-16)33-22(34-21(19)35)32-18-12-28-8-9-29-18/h1-10,12,14H,11,13H2,(H2,29,30,32,33,34). The molecular formula is C23H18F3N9. The number of nitrogens with one attached hydrogen (secondary N) is 2. The minimum absolute atomic E-state index is 0.265. The van der Waals surface area contributed by atoms with Crippen LogP contribution in [0.15, 0.2) is 73.7 Å². The molecule has 4 heterocycles. The molecule has 0 saturated heterocycles. The number of anilines is 3. The van der Waals surface area contributed by atoms with Crippen LogP contribution in [-0.2, 0) is 19.3 Å². The van der Waals surface area contributed by atoms with E-state index < -0.39 is 11.7 Å². The van der Waals surface area contributed by atoms with Crippen LogP contribution in [-0.4, -0.2) is 34.5 Å². The first kappa shape index (κ1) is 22.2. The molecule has 0 unspecified atom stereocenters. The summed E-state index contributed by atoms with van der Waals surface area (Å²) in [5.74, 6) is 1.20. The van der Waals surface area contributed by atoms with Gasteiger partial charge in [0.2, 0.25) is 5.95 Å². The van der Waals surface area contributed by atoms with Crippen molar-refractivity contribution in [2.75, 3.05) is 10.6 Å². The number of pyridine rings is 1. The first-order chi connectivity index (χ1) is 17.0. The normalized spacial score (nSPS) is 11.5. The molecule has 0 aliphatic heterocycles. The van der Waals surface area contributed by atoms with Gasteiger partial charge in [-0.3, -0.25) is 9.97 Å². The van der Waals surface area contributed by atoms with Crippen LogP contribution in [0.1, 0.15) is 16.7 Å². The van der Waals surface area contributed by atoms with Crippen molar-refractivity contribution in [1.29, 1.82) is 0 Å². The maximum atomic E-state index is 12.9. The zero-order valence-corrected chi connectivity index (χ0v) is 18.1. The number of alkyl halides is 3. The fraction of sp³-hybridized carbons (Fsp3) is 0.130. The number of hydrogen-bond donors (Lipinski definition) is 2. The summed E-state index contributed by atoms with van der Waals surface area (Å²) in [7, 11) is 0. The van der Waals surface area contributed by atoms with E-state index in [-0.39, 0.29) is 12.5 Å². The van der Waals surface area contributed by atoms with Gasteiger partial charge < -0.3 is 15.2 Å². The van der Waals surface area contributed by atoms with Crippen LogP contribution in [0.4, 0.5) is 30.8 Å². The lowest BCUT2D eigenvalue weighted by Crippen LogP contribution is -2.08. The maximum Gasteiger partial charge on any atom is 0.416 e. The summed E-state index contributed by atoms with van der Waals surface area (Å²) >= 11 is 0. The molecule has 2 N–H and O–H groups in total. The fourth-order valence-corrected chi connectivity index (χ4v) is 3.40. The Labute approximate surface area is 197 Å². The number of rotatable bonds is 7. The van der Waals surface area contributed by atoms with Gasteiger partial charge >= 0.3 is 6.18 Å². The van der Waals surface area contributed by atoms with E-state index in [1.807, 2.05) is 12.1 Å². The van der Waals surface area contributed by atoms with Gasteiger partial charge in [0, 0.05) is 31.3 Å². The Morgan fingerprint density at radius 2 is 1.69 bits per heavy atom. The number of imidazole rings is 1. The SMILES string of the molecule is FC(F)(F)c1ccc(Cn2cnc3c(NCc4cccnc4)nc(Nc4cnccn4)nc32)cc1. The Morgan fingerprint density at radius 3 is 2.40 bits per heavy atom. The Bertz CT molecular complexity index is 1420. The van der Waals surface area contributed by atoms with Crippen molar-refractivity contribution in [2.45, 2.75) is 19.3 Å². The van der Waals surface area contributed by atoms with Gasteiger partial charge in [-0.25, -0.2) is 9.97 Å². The molecule has 12 heteroatoms. The van der Waals surface area contributed by atoms with Crippen molar-refractivity contribution in [3.05, 3.63) is 90.4 Å². The van der Waals surface area contributed by atoms with E-state index in [1.165, 1.54) is 24.5 Å². The van der Waals surface area contributed by atoms with Crippen LogP contribution < -0.4 is 10.6 Å². The largest absolute Gasteiger partial charge is 0.416 e. The minimum atomic E-state index is -4.39. The molecular weight excluding hydrogens is 459 g/mol. The fourth-order valence-electron chi connectivity index (χ4n) is 3.40. The van der Waals surface area contributed by atoms with Gasteiger partial charge in [-0.1, -0.05) is 18.2 Å². The Balaban J connectivity index is 1.48. The van der Waals surface area contributed by atoms with Crippen molar-refractivity contribution in [3.8, 4) is 0 Å². The molecule has 5 rings (SSSR count). The molecule has 5 aromatic rings. The third-order valence-electron chi connectivity index (χ3n) is 5.08. The van der Waals surface area contributed by atoms with Gasteiger partial charge in [0.15, 0.2) is 22.8 Å². The summed E-state index contributed by atoms with van der Waals surface area (Å²) in [6.45, 7) is 0.731. The van der Waals surface area contributed by atoms with Crippen LogP contribution in [0.2, 0.25) is 0 Å². The van der Waals surface area contributed by atoms with E-state index in [2.05, 4.69) is 40.5 Å². The second-order valence-electron chi connectivity index (χ2n) is 7.57. The Kier molecular flexibility index (Phi) is 5.92. The molecule has 0 saturated carbocycles. The number of nitrogens with zero attached hydrogens (tertiary/aromatic N) is 7. The van der Waals surface area contributed by atoms with Crippen LogP contribution >= 0.6 is 0 Å². The molecule has 0 aliphatic rings. The van der Waals surface area contributed by atoms with Gasteiger partial charge in [-0.15, -0.1) is 0 Å². The highest BCUT2D eigenvalue weighted by Gasteiger charge is 2.30. The highest BCUT2D eigenvalue weighted by atomic mass is 19.4. The lowest BCUT2D eigenvalue weighted by atomic mass is 10.1. The van der Waals surface area contributed by atoms with E-state index in [9.17, 15) is 13.2 Å². The molecule has 0 atom stereocenters. The third kappa shape index (κ3) is 5.16. The van der Waals surface area contributed by atoms with Gasteiger partial charge in [0.25, 0.3) is 0 Å².